The smallest absolute Gasteiger partial charge is 0.120 e. The van der Waals surface area contributed by atoms with Crippen LogP contribution in [0.4, 0.5) is 0 Å². The number of hydrogen-bond acceptors (Lipinski definition) is 3. The van der Waals surface area contributed by atoms with E-state index in [4.69, 9.17) is 10.2 Å². The van der Waals surface area contributed by atoms with Crippen molar-refractivity contribution in [2.75, 3.05) is 7.05 Å². The van der Waals surface area contributed by atoms with Gasteiger partial charge in [-0.05, 0) is 57.2 Å². The molecule has 1 aliphatic carbocycles. The Morgan fingerprint density at radius 1 is 1.32 bits per heavy atom. The second-order valence-corrected chi connectivity index (χ2v) is 6.02. The van der Waals surface area contributed by atoms with E-state index in [1.807, 2.05) is 0 Å². The van der Waals surface area contributed by atoms with Gasteiger partial charge in [-0.3, -0.25) is 4.90 Å². The SMILES string of the molecule is CCC1CCC(N(C)Cc2cc(C)c(CN)o2)CC1. The minimum absolute atomic E-state index is 0.497. The fourth-order valence-corrected chi connectivity index (χ4v) is 3.24. The van der Waals surface area contributed by atoms with Crippen LogP contribution in [0.5, 0.6) is 0 Å². The highest BCUT2D eigenvalue weighted by molar-refractivity contribution is 5.19. The summed E-state index contributed by atoms with van der Waals surface area (Å²) in [6, 6.07) is 2.85. The molecule has 0 radical (unpaired) electrons. The molecule has 1 aliphatic rings. The van der Waals surface area contributed by atoms with Crippen LogP contribution in [0.2, 0.25) is 0 Å². The fraction of sp³-hybridized carbons (Fsp3) is 0.750. The Hall–Kier alpha value is -0.800. The van der Waals surface area contributed by atoms with E-state index in [1.54, 1.807) is 0 Å². The normalized spacial score (nSPS) is 24.1. The van der Waals surface area contributed by atoms with Gasteiger partial charge >= 0.3 is 0 Å². The first-order chi connectivity index (χ1) is 9.13. The van der Waals surface area contributed by atoms with E-state index < -0.39 is 0 Å². The van der Waals surface area contributed by atoms with Crippen molar-refractivity contribution in [3.05, 3.63) is 23.2 Å². The van der Waals surface area contributed by atoms with Gasteiger partial charge in [-0.25, -0.2) is 0 Å². The van der Waals surface area contributed by atoms with Gasteiger partial charge in [0, 0.05) is 6.04 Å². The Balaban J connectivity index is 1.88. The van der Waals surface area contributed by atoms with Crippen molar-refractivity contribution >= 4 is 0 Å². The first-order valence-corrected chi connectivity index (χ1v) is 7.62. The molecule has 0 saturated heterocycles. The summed E-state index contributed by atoms with van der Waals surface area (Å²) in [5.41, 5.74) is 6.84. The molecule has 1 aromatic heterocycles. The second kappa shape index (κ2) is 6.58. The van der Waals surface area contributed by atoms with E-state index in [9.17, 15) is 0 Å². The lowest BCUT2D eigenvalue weighted by molar-refractivity contribution is 0.148. The zero-order chi connectivity index (χ0) is 13.8. The maximum atomic E-state index is 5.80. The summed E-state index contributed by atoms with van der Waals surface area (Å²) < 4.78 is 5.80. The van der Waals surface area contributed by atoms with Crippen LogP contribution in [0.1, 0.15) is 56.1 Å². The lowest BCUT2D eigenvalue weighted by Gasteiger charge is -2.34. The summed E-state index contributed by atoms with van der Waals surface area (Å²) in [5.74, 6) is 2.94. The lowest BCUT2D eigenvalue weighted by Crippen LogP contribution is -2.34. The van der Waals surface area contributed by atoms with E-state index in [0.29, 0.717) is 6.54 Å². The Kier molecular flexibility index (Phi) is 5.06. The summed E-state index contributed by atoms with van der Waals surface area (Å²) >= 11 is 0. The molecule has 0 amide bonds. The summed E-state index contributed by atoms with van der Waals surface area (Å²) in [6.45, 7) is 5.79. The molecule has 1 fully saturated rings. The zero-order valence-electron chi connectivity index (χ0n) is 12.6. The molecule has 1 aromatic rings. The standard InChI is InChI=1S/C16H28N2O/c1-4-13-5-7-14(8-6-13)18(3)11-15-9-12(2)16(10-17)19-15/h9,13-14H,4-8,10-11,17H2,1-3H3. The van der Waals surface area contributed by atoms with Crippen LogP contribution in [-0.2, 0) is 13.1 Å². The average molecular weight is 264 g/mol. The van der Waals surface area contributed by atoms with Gasteiger partial charge in [0.05, 0.1) is 13.1 Å². The van der Waals surface area contributed by atoms with Crippen molar-refractivity contribution in [3.8, 4) is 0 Å². The largest absolute Gasteiger partial charge is 0.463 e. The van der Waals surface area contributed by atoms with Gasteiger partial charge in [0.15, 0.2) is 0 Å². The van der Waals surface area contributed by atoms with Crippen LogP contribution in [0.25, 0.3) is 0 Å². The van der Waals surface area contributed by atoms with Crippen molar-refractivity contribution in [1.29, 1.82) is 0 Å². The third-order valence-corrected chi connectivity index (χ3v) is 4.68. The van der Waals surface area contributed by atoms with Gasteiger partial charge in [0.2, 0.25) is 0 Å². The summed E-state index contributed by atoms with van der Waals surface area (Å²) in [4.78, 5) is 2.45. The number of aryl methyl sites for hydroxylation is 1. The van der Waals surface area contributed by atoms with Crippen LogP contribution < -0.4 is 5.73 Å². The summed E-state index contributed by atoms with van der Waals surface area (Å²) in [5, 5.41) is 0. The van der Waals surface area contributed by atoms with E-state index in [-0.39, 0.29) is 0 Å². The third kappa shape index (κ3) is 3.61. The van der Waals surface area contributed by atoms with Gasteiger partial charge in [-0.1, -0.05) is 13.3 Å². The van der Waals surface area contributed by atoms with Crippen molar-refractivity contribution in [1.82, 2.24) is 4.90 Å². The highest BCUT2D eigenvalue weighted by Gasteiger charge is 2.23. The predicted octanol–water partition coefficient (Wildman–Crippen LogP) is 3.45. The van der Waals surface area contributed by atoms with E-state index >= 15 is 0 Å². The fourth-order valence-electron chi connectivity index (χ4n) is 3.24. The predicted molar refractivity (Wildman–Crippen MR) is 78.8 cm³/mol. The monoisotopic (exact) mass is 264 g/mol. The summed E-state index contributed by atoms with van der Waals surface area (Å²) in [6.07, 6.45) is 6.78. The minimum atomic E-state index is 0.497. The molecule has 0 aliphatic heterocycles. The molecule has 108 valence electrons. The molecule has 0 atom stereocenters. The van der Waals surface area contributed by atoms with Gasteiger partial charge in [0.1, 0.15) is 11.5 Å². The minimum Gasteiger partial charge on any atom is -0.463 e. The first kappa shape index (κ1) is 14.6. The quantitative estimate of drug-likeness (QED) is 0.885. The molecule has 1 heterocycles. The van der Waals surface area contributed by atoms with Crippen molar-refractivity contribution < 1.29 is 4.42 Å². The van der Waals surface area contributed by atoms with Gasteiger partial charge in [-0.15, -0.1) is 0 Å². The molecule has 3 heteroatoms. The highest BCUT2D eigenvalue weighted by atomic mass is 16.3. The van der Waals surface area contributed by atoms with Gasteiger partial charge < -0.3 is 10.2 Å². The topological polar surface area (TPSA) is 42.4 Å². The Labute approximate surface area is 117 Å². The molecule has 1 saturated carbocycles. The first-order valence-electron chi connectivity index (χ1n) is 7.62. The van der Waals surface area contributed by atoms with Crippen LogP contribution >= 0.6 is 0 Å². The highest BCUT2D eigenvalue weighted by Crippen LogP contribution is 2.29. The Bertz CT molecular complexity index is 391. The maximum absolute atomic E-state index is 5.80. The van der Waals surface area contributed by atoms with Crippen molar-refractivity contribution in [3.63, 3.8) is 0 Å². The molecular weight excluding hydrogens is 236 g/mol. The van der Waals surface area contributed by atoms with Crippen molar-refractivity contribution in [2.45, 2.75) is 65.1 Å². The molecular formula is C16H28N2O. The molecule has 0 bridgehead atoms. The second-order valence-electron chi connectivity index (χ2n) is 6.02. The van der Waals surface area contributed by atoms with Gasteiger partial charge in [-0.2, -0.15) is 0 Å². The number of rotatable bonds is 5. The Morgan fingerprint density at radius 3 is 2.53 bits per heavy atom. The number of nitrogens with zero attached hydrogens (tertiary/aromatic N) is 1. The summed E-state index contributed by atoms with van der Waals surface area (Å²) in [7, 11) is 2.22. The molecule has 2 rings (SSSR count). The molecule has 0 spiro atoms. The van der Waals surface area contributed by atoms with Crippen LogP contribution in [0.3, 0.4) is 0 Å². The number of furan rings is 1. The molecule has 3 nitrogen and oxygen atoms in total. The molecule has 0 unspecified atom stereocenters. The van der Waals surface area contributed by atoms with Crippen LogP contribution in [-0.4, -0.2) is 18.0 Å². The number of hydrogen-bond donors (Lipinski definition) is 1. The van der Waals surface area contributed by atoms with Crippen molar-refractivity contribution in [2.24, 2.45) is 11.7 Å². The number of nitrogens with two attached hydrogens (primary N) is 1. The van der Waals surface area contributed by atoms with Gasteiger partial charge in [0.25, 0.3) is 0 Å². The maximum Gasteiger partial charge on any atom is 0.120 e. The zero-order valence-corrected chi connectivity index (χ0v) is 12.6. The molecule has 2 N–H and O–H groups in total. The molecule has 19 heavy (non-hydrogen) atoms. The average Bonchev–Trinajstić information content (AvgIpc) is 2.78. The van der Waals surface area contributed by atoms with E-state index in [2.05, 4.69) is 31.9 Å². The molecule has 0 aromatic carbocycles. The lowest BCUT2D eigenvalue weighted by atomic mass is 9.84. The Morgan fingerprint density at radius 2 is 2.00 bits per heavy atom. The third-order valence-electron chi connectivity index (χ3n) is 4.68. The van der Waals surface area contributed by atoms with Crippen LogP contribution in [0.15, 0.2) is 10.5 Å². The van der Waals surface area contributed by atoms with E-state index in [0.717, 1.165) is 30.0 Å². The van der Waals surface area contributed by atoms with E-state index in [1.165, 1.54) is 37.7 Å². The van der Waals surface area contributed by atoms with Crippen LogP contribution in [0, 0.1) is 12.8 Å².